The van der Waals surface area contributed by atoms with Gasteiger partial charge in [0.25, 0.3) is 5.69 Å². The molecule has 0 spiro atoms. The highest BCUT2D eigenvalue weighted by atomic mass is 16.6. The minimum absolute atomic E-state index is 0.0126. The number of aromatic nitrogens is 1. The van der Waals surface area contributed by atoms with E-state index in [1.165, 1.54) is 6.07 Å². The predicted molar refractivity (Wildman–Crippen MR) is 85.2 cm³/mol. The summed E-state index contributed by atoms with van der Waals surface area (Å²) in [4.78, 5) is 15.1. The van der Waals surface area contributed by atoms with E-state index in [1.807, 2.05) is 24.3 Å². The molecule has 0 fully saturated rings. The van der Waals surface area contributed by atoms with Crippen molar-refractivity contribution in [3.8, 4) is 0 Å². The largest absolute Gasteiger partial charge is 0.465 e. The zero-order chi connectivity index (χ0) is 15.4. The quantitative estimate of drug-likeness (QED) is 0.404. The van der Waals surface area contributed by atoms with Gasteiger partial charge < -0.3 is 4.42 Å². The normalized spacial score (nSPS) is 11.6. The van der Waals surface area contributed by atoms with E-state index in [1.54, 1.807) is 42.7 Å². The van der Waals surface area contributed by atoms with Crippen LogP contribution in [0.15, 0.2) is 65.3 Å². The summed E-state index contributed by atoms with van der Waals surface area (Å²) in [6.07, 6.45) is 8.42. The van der Waals surface area contributed by atoms with Crippen LogP contribution in [-0.4, -0.2) is 9.91 Å². The molecule has 2 heterocycles. The Bertz CT molecular complexity index is 865. The second-order valence-corrected chi connectivity index (χ2v) is 4.58. The van der Waals surface area contributed by atoms with Crippen LogP contribution in [0.5, 0.6) is 0 Å². The molecule has 0 amide bonds. The third-order valence-corrected chi connectivity index (χ3v) is 3.10. The first kappa shape index (κ1) is 13.8. The monoisotopic (exact) mass is 292 g/mol. The molecular weight excluding hydrogens is 280 g/mol. The molecule has 108 valence electrons. The number of nitro groups is 1. The molecule has 0 saturated carbocycles. The lowest BCUT2D eigenvalue weighted by atomic mass is 10.1. The molecular formula is C17H12N2O3. The van der Waals surface area contributed by atoms with Crippen molar-refractivity contribution in [2.75, 3.05) is 0 Å². The molecule has 5 nitrogen and oxygen atoms in total. The fourth-order valence-corrected chi connectivity index (χ4v) is 2.07. The Hall–Kier alpha value is -3.21. The third kappa shape index (κ3) is 2.93. The van der Waals surface area contributed by atoms with E-state index in [2.05, 4.69) is 4.98 Å². The smallest absolute Gasteiger partial charge is 0.295 e. The number of hydrogen-bond acceptors (Lipinski definition) is 4. The molecule has 0 bridgehead atoms. The lowest BCUT2D eigenvalue weighted by molar-refractivity contribution is -0.385. The van der Waals surface area contributed by atoms with Gasteiger partial charge in [-0.2, -0.15) is 0 Å². The average Bonchev–Trinajstić information content (AvgIpc) is 3.04. The highest BCUT2D eigenvalue weighted by Crippen LogP contribution is 2.23. The Morgan fingerprint density at radius 2 is 1.91 bits per heavy atom. The SMILES string of the molecule is O=[N+]([O-])c1cc2ccccc2nc1C=CC=Cc1ccco1. The summed E-state index contributed by atoms with van der Waals surface area (Å²) in [6.45, 7) is 0. The number of pyridine rings is 1. The molecule has 0 unspecified atom stereocenters. The van der Waals surface area contributed by atoms with Crippen LogP contribution in [0.25, 0.3) is 23.1 Å². The van der Waals surface area contributed by atoms with Gasteiger partial charge in [-0.25, -0.2) is 4.98 Å². The third-order valence-electron chi connectivity index (χ3n) is 3.10. The van der Waals surface area contributed by atoms with Crippen LogP contribution in [0, 0.1) is 10.1 Å². The number of nitrogens with zero attached hydrogens (tertiary/aromatic N) is 2. The second kappa shape index (κ2) is 6.05. The molecule has 0 N–H and O–H groups in total. The first-order valence-corrected chi connectivity index (χ1v) is 6.66. The molecule has 0 radical (unpaired) electrons. The number of hydrogen-bond donors (Lipinski definition) is 0. The molecule has 1 aromatic carbocycles. The number of fused-ring (bicyclic) bond motifs is 1. The van der Waals surface area contributed by atoms with Crippen LogP contribution in [-0.2, 0) is 0 Å². The Labute approximate surface area is 126 Å². The van der Waals surface area contributed by atoms with Gasteiger partial charge in [0.05, 0.1) is 16.7 Å². The second-order valence-electron chi connectivity index (χ2n) is 4.58. The number of furan rings is 1. The number of rotatable bonds is 4. The maximum Gasteiger partial charge on any atom is 0.295 e. The van der Waals surface area contributed by atoms with E-state index in [9.17, 15) is 10.1 Å². The zero-order valence-electron chi connectivity index (χ0n) is 11.5. The summed E-state index contributed by atoms with van der Waals surface area (Å²) in [5, 5.41) is 11.9. The summed E-state index contributed by atoms with van der Waals surface area (Å²) in [5.74, 6) is 0.714. The van der Waals surface area contributed by atoms with E-state index in [0.717, 1.165) is 10.9 Å². The van der Waals surface area contributed by atoms with Crippen LogP contribution in [0.4, 0.5) is 5.69 Å². The van der Waals surface area contributed by atoms with Crippen LogP contribution in [0.3, 0.4) is 0 Å². The highest BCUT2D eigenvalue weighted by Gasteiger charge is 2.14. The summed E-state index contributed by atoms with van der Waals surface area (Å²) in [5.41, 5.74) is 1.04. The topological polar surface area (TPSA) is 69.2 Å². The molecule has 22 heavy (non-hydrogen) atoms. The van der Waals surface area contributed by atoms with Gasteiger partial charge in [0.2, 0.25) is 0 Å². The van der Waals surface area contributed by atoms with Crippen molar-refractivity contribution >= 4 is 28.7 Å². The van der Waals surface area contributed by atoms with E-state index >= 15 is 0 Å². The van der Waals surface area contributed by atoms with E-state index in [0.29, 0.717) is 11.5 Å². The van der Waals surface area contributed by atoms with E-state index < -0.39 is 4.92 Å². The summed E-state index contributed by atoms with van der Waals surface area (Å²) in [7, 11) is 0. The Morgan fingerprint density at radius 3 is 2.68 bits per heavy atom. The van der Waals surface area contributed by atoms with Gasteiger partial charge in [0.1, 0.15) is 11.5 Å². The van der Waals surface area contributed by atoms with Crippen molar-refractivity contribution in [1.29, 1.82) is 0 Å². The molecule has 3 rings (SSSR count). The molecule has 0 atom stereocenters. The van der Waals surface area contributed by atoms with E-state index in [-0.39, 0.29) is 5.69 Å². The summed E-state index contributed by atoms with van der Waals surface area (Å²) >= 11 is 0. The maximum atomic E-state index is 11.2. The lowest BCUT2D eigenvalue weighted by Crippen LogP contribution is -1.95. The van der Waals surface area contributed by atoms with Crippen LogP contribution in [0.1, 0.15) is 11.5 Å². The predicted octanol–water partition coefficient (Wildman–Crippen LogP) is 4.46. The average molecular weight is 292 g/mol. The minimum atomic E-state index is -0.421. The van der Waals surface area contributed by atoms with Crippen molar-refractivity contribution in [3.05, 3.63) is 82.4 Å². The van der Waals surface area contributed by atoms with Crippen molar-refractivity contribution < 1.29 is 9.34 Å². The Morgan fingerprint density at radius 1 is 1.09 bits per heavy atom. The lowest BCUT2D eigenvalue weighted by Gasteiger charge is -2.00. The van der Waals surface area contributed by atoms with Crippen molar-refractivity contribution in [1.82, 2.24) is 4.98 Å². The van der Waals surface area contributed by atoms with Gasteiger partial charge in [0, 0.05) is 11.5 Å². The van der Waals surface area contributed by atoms with E-state index in [4.69, 9.17) is 4.42 Å². The van der Waals surface area contributed by atoms with Crippen LogP contribution in [0.2, 0.25) is 0 Å². The number of allylic oxidation sites excluding steroid dienone is 2. The summed E-state index contributed by atoms with van der Waals surface area (Å²) < 4.78 is 5.16. The molecule has 3 aromatic rings. The fraction of sp³-hybridized carbons (Fsp3) is 0. The first-order chi connectivity index (χ1) is 10.7. The van der Waals surface area contributed by atoms with Crippen molar-refractivity contribution in [3.63, 3.8) is 0 Å². The fourth-order valence-electron chi connectivity index (χ4n) is 2.07. The standard InChI is InChI=1S/C17H12N2O3/c20-19(21)17-12-13-6-1-3-9-15(13)18-16(17)10-4-2-7-14-8-5-11-22-14/h1-12H. The van der Waals surface area contributed by atoms with Gasteiger partial charge >= 0.3 is 0 Å². The van der Waals surface area contributed by atoms with Crippen LogP contribution >= 0.6 is 0 Å². The molecule has 2 aromatic heterocycles. The molecule has 0 aliphatic rings. The number of benzene rings is 1. The maximum absolute atomic E-state index is 11.2. The van der Waals surface area contributed by atoms with Crippen molar-refractivity contribution in [2.45, 2.75) is 0 Å². The number of para-hydroxylation sites is 1. The van der Waals surface area contributed by atoms with Gasteiger partial charge in [-0.1, -0.05) is 30.4 Å². The molecule has 0 aliphatic heterocycles. The highest BCUT2D eigenvalue weighted by molar-refractivity contribution is 5.83. The first-order valence-electron chi connectivity index (χ1n) is 6.66. The zero-order valence-corrected chi connectivity index (χ0v) is 11.5. The molecule has 5 heteroatoms. The van der Waals surface area contributed by atoms with Gasteiger partial charge in [-0.15, -0.1) is 0 Å². The van der Waals surface area contributed by atoms with Crippen molar-refractivity contribution in [2.24, 2.45) is 0 Å². The van der Waals surface area contributed by atoms with Crippen LogP contribution < -0.4 is 0 Å². The molecule has 0 saturated heterocycles. The summed E-state index contributed by atoms with van der Waals surface area (Å²) in [6, 6.07) is 12.5. The Kier molecular flexibility index (Phi) is 3.78. The van der Waals surface area contributed by atoms with Gasteiger partial charge in [-0.05, 0) is 30.4 Å². The van der Waals surface area contributed by atoms with Gasteiger partial charge in [0.15, 0.2) is 0 Å². The molecule has 0 aliphatic carbocycles. The van der Waals surface area contributed by atoms with Gasteiger partial charge in [-0.3, -0.25) is 10.1 Å². The minimum Gasteiger partial charge on any atom is -0.465 e. The Balaban J connectivity index is 1.94.